The Kier molecular flexibility index (Phi) is 2.97. The zero-order valence-electron chi connectivity index (χ0n) is 12.5. The fraction of sp³-hybridized carbons (Fsp3) is 0.176. The smallest absolute Gasteiger partial charge is 0.255 e. The van der Waals surface area contributed by atoms with Crippen molar-refractivity contribution in [2.45, 2.75) is 6.42 Å². The van der Waals surface area contributed by atoms with Crippen LogP contribution in [0.2, 0.25) is 0 Å². The average Bonchev–Trinajstić information content (AvgIpc) is 3.11. The summed E-state index contributed by atoms with van der Waals surface area (Å²) in [6.07, 6.45) is 0.361. The molecule has 0 spiro atoms. The molecule has 0 saturated carbocycles. The van der Waals surface area contributed by atoms with Crippen LogP contribution in [0.15, 0.2) is 36.4 Å². The highest BCUT2D eigenvalue weighted by Crippen LogP contribution is 2.33. The molecule has 0 radical (unpaired) electrons. The van der Waals surface area contributed by atoms with Crippen LogP contribution in [0.5, 0.6) is 11.5 Å². The largest absolute Gasteiger partial charge is 0.454 e. The Morgan fingerprint density at radius 1 is 1.13 bits per heavy atom. The first-order valence-corrected chi connectivity index (χ1v) is 7.22. The zero-order chi connectivity index (χ0) is 16.0. The number of ether oxygens (including phenoxy) is 2. The Morgan fingerprint density at radius 3 is 2.83 bits per heavy atom. The number of rotatable bonds is 2. The van der Waals surface area contributed by atoms with Crippen LogP contribution in [0.3, 0.4) is 0 Å². The number of fused-ring (bicyclic) bond motifs is 2. The first kappa shape index (κ1) is 13.6. The van der Waals surface area contributed by atoms with Crippen LogP contribution >= 0.6 is 0 Å². The molecule has 2 heterocycles. The van der Waals surface area contributed by atoms with Crippen molar-refractivity contribution in [3.8, 4) is 11.5 Å². The van der Waals surface area contributed by atoms with E-state index in [9.17, 15) is 9.59 Å². The lowest BCUT2D eigenvalue weighted by Gasteiger charge is -2.11. The Hall–Kier alpha value is -3.02. The van der Waals surface area contributed by atoms with E-state index in [1.54, 1.807) is 36.2 Å². The van der Waals surface area contributed by atoms with Gasteiger partial charge in [0.1, 0.15) is 0 Å². The summed E-state index contributed by atoms with van der Waals surface area (Å²) in [5.74, 6) is 1.03. The van der Waals surface area contributed by atoms with Crippen LogP contribution in [0.4, 0.5) is 11.4 Å². The van der Waals surface area contributed by atoms with Crippen LogP contribution < -0.4 is 19.7 Å². The predicted octanol–water partition coefficient (Wildman–Crippen LogP) is 2.19. The second-order valence-electron chi connectivity index (χ2n) is 5.50. The molecule has 0 atom stereocenters. The molecule has 2 amide bonds. The van der Waals surface area contributed by atoms with E-state index in [-0.39, 0.29) is 18.6 Å². The van der Waals surface area contributed by atoms with Gasteiger partial charge in [-0.3, -0.25) is 9.59 Å². The van der Waals surface area contributed by atoms with E-state index in [1.165, 1.54) is 0 Å². The summed E-state index contributed by atoms with van der Waals surface area (Å²) in [5, 5.41) is 2.84. The van der Waals surface area contributed by atoms with Crippen molar-refractivity contribution in [1.29, 1.82) is 0 Å². The molecule has 0 aromatic heterocycles. The molecule has 1 N–H and O–H groups in total. The van der Waals surface area contributed by atoms with Crippen LogP contribution in [0, 0.1) is 0 Å². The summed E-state index contributed by atoms with van der Waals surface area (Å²) in [6.45, 7) is 0.173. The van der Waals surface area contributed by atoms with Crippen molar-refractivity contribution in [1.82, 2.24) is 0 Å². The molecular formula is C17H14N2O4. The van der Waals surface area contributed by atoms with Crippen LogP contribution in [0.1, 0.15) is 15.9 Å². The molecule has 0 saturated heterocycles. The van der Waals surface area contributed by atoms with Gasteiger partial charge in [-0.15, -0.1) is 0 Å². The summed E-state index contributed by atoms with van der Waals surface area (Å²) < 4.78 is 10.5. The van der Waals surface area contributed by atoms with Gasteiger partial charge in [0.25, 0.3) is 5.91 Å². The van der Waals surface area contributed by atoms with Gasteiger partial charge in [-0.05, 0) is 42.0 Å². The summed E-state index contributed by atoms with van der Waals surface area (Å²) in [4.78, 5) is 25.7. The topological polar surface area (TPSA) is 67.9 Å². The molecule has 0 aliphatic carbocycles. The van der Waals surface area contributed by atoms with Crippen LogP contribution in [-0.4, -0.2) is 25.7 Å². The second kappa shape index (κ2) is 5.01. The van der Waals surface area contributed by atoms with E-state index < -0.39 is 0 Å². The van der Waals surface area contributed by atoms with Crippen molar-refractivity contribution in [3.63, 3.8) is 0 Å². The number of amides is 2. The third-order valence-electron chi connectivity index (χ3n) is 4.05. The van der Waals surface area contributed by atoms with Gasteiger partial charge in [0.2, 0.25) is 12.7 Å². The van der Waals surface area contributed by atoms with Gasteiger partial charge in [-0.1, -0.05) is 0 Å². The third-order valence-corrected chi connectivity index (χ3v) is 4.05. The number of hydrogen-bond acceptors (Lipinski definition) is 4. The van der Waals surface area contributed by atoms with Crippen molar-refractivity contribution in [2.75, 3.05) is 24.1 Å². The van der Waals surface area contributed by atoms with Gasteiger partial charge in [-0.25, -0.2) is 0 Å². The molecule has 4 rings (SSSR count). The van der Waals surface area contributed by atoms with Gasteiger partial charge in [0.15, 0.2) is 11.5 Å². The lowest BCUT2D eigenvalue weighted by Crippen LogP contribution is -2.20. The molecule has 2 aromatic carbocycles. The fourth-order valence-electron chi connectivity index (χ4n) is 2.79. The number of carbonyl (C=O) groups is 2. The third kappa shape index (κ3) is 2.28. The van der Waals surface area contributed by atoms with Crippen LogP contribution in [0.25, 0.3) is 0 Å². The maximum atomic E-state index is 12.4. The monoisotopic (exact) mass is 310 g/mol. The maximum Gasteiger partial charge on any atom is 0.255 e. The Labute approximate surface area is 132 Å². The van der Waals surface area contributed by atoms with E-state index in [1.807, 2.05) is 12.1 Å². The highest BCUT2D eigenvalue weighted by atomic mass is 16.7. The Balaban J connectivity index is 1.56. The average molecular weight is 310 g/mol. The standard InChI is InChI=1S/C17H14N2O4/c1-19-13-4-3-12(6-11(13)8-16(19)20)18-17(21)10-2-5-14-15(7-10)23-9-22-14/h2-7H,8-9H2,1H3,(H,18,21). The van der Waals surface area contributed by atoms with Crippen molar-refractivity contribution < 1.29 is 19.1 Å². The summed E-state index contributed by atoms with van der Waals surface area (Å²) in [7, 11) is 1.75. The molecule has 116 valence electrons. The lowest BCUT2D eigenvalue weighted by molar-refractivity contribution is -0.117. The first-order chi connectivity index (χ1) is 11.1. The quantitative estimate of drug-likeness (QED) is 0.923. The molecule has 2 aromatic rings. The SMILES string of the molecule is CN1C(=O)Cc2cc(NC(=O)c3ccc4c(c3)OCO4)ccc21. The molecule has 6 heteroatoms. The molecule has 23 heavy (non-hydrogen) atoms. The van der Waals surface area contributed by atoms with E-state index in [2.05, 4.69) is 5.32 Å². The fourth-order valence-corrected chi connectivity index (χ4v) is 2.79. The highest BCUT2D eigenvalue weighted by molar-refractivity contribution is 6.06. The van der Waals surface area contributed by atoms with Gasteiger partial charge in [0, 0.05) is 24.0 Å². The lowest BCUT2D eigenvalue weighted by atomic mass is 10.1. The van der Waals surface area contributed by atoms with Crippen molar-refractivity contribution in [2.24, 2.45) is 0 Å². The van der Waals surface area contributed by atoms with E-state index >= 15 is 0 Å². The number of hydrogen-bond donors (Lipinski definition) is 1. The molecule has 2 aliphatic heterocycles. The van der Waals surface area contributed by atoms with Gasteiger partial charge in [0.05, 0.1) is 6.42 Å². The molecule has 6 nitrogen and oxygen atoms in total. The number of carbonyl (C=O) groups excluding carboxylic acids is 2. The van der Waals surface area contributed by atoms with Crippen LogP contribution in [-0.2, 0) is 11.2 Å². The number of benzene rings is 2. The van der Waals surface area contributed by atoms with E-state index in [0.717, 1.165) is 11.3 Å². The van der Waals surface area contributed by atoms with Crippen molar-refractivity contribution in [3.05, 3.63) is 47.5 Å². The number of likely N-dealkylation sites (N-methyl/N-ethyl adjacent to an activating group) is 1. The van der Waals surface area contributed by atoms with Gasteiger partial charge < -0.3 is 19.7 Å². The van der Waals surface area contributed by atoms with E-state index in [0.29, 0.717) is 29.2 Å². The number of nitrogens with zero attached hydrogens (tertiary/aromatic N) is 1. The maximum absolute atomic E-state index is 12.4. The Bertz CT molecular complexity index is 831. The minimum Gasteiger partial charge on any atom is -0.454 e. The zero-order valence-corrected chi connectivity index (χ0v) is 12.5. The summed E-state index contributed by atoms with van der Waals surface area (Å²) in [6, 6.07) is 10.5. The number of anilines is 2. The van der Waals surface area contributed by atoms with Crippen molar-refractivity contribution >= 4 is 23.2 Å². The molecule has 0 bridgehead atoms. The normalized spacial score (nSPS) is 14.8. The molecular weight excluding hydrogens is 296 g/mol. The predicted molar refractivity (Wildman–Crippen MR) is 84.1 cm³/mol. The van der Waals surface area contributed by atoms with Gasteiger partial charge >= 0.3 is 0 Å². The highest BCUT2D eigenvalue weighted by Gasteiger charge is 2.24. The Morgan fingerprint density at radius 2 is 1.96 bits per heavy atom. The summed E-state index contributed by atoms with van der Waals surface area (Å²) in [5.41, 5.74) is 2.95. The molecule has 0 fully saturated rings. The first-order valence-electron chi connectivity index (χ1n) is 7.22. The van der Waals surface area contributed by atoms with Gasteiger partial charge in [-0.2, -0.15) is 0 Å². The summed E-state index contributed by atoms with van der Waals surface area (Å²) >= 11 is 0. The molecule has 2 aliphatic rings. The minimum absolute atomic E-state index is 0.0549. The molecule has 0 unspecified atom stereocenters. The second-order valence-corrected chi connectivity index (χ2v) is 5.50. The minimum atomic E-state index is -0.235. The van der Waals surface area contributed by atoms with E-state index in [4.69, 9.17) is 9.47 Å². The number of nitrogens with one attached hydrogen (secondary N) is 1.